The minimum absolute atomic E-state index is 0.0112. The molecular weight excluding hydrogens is 230 g/mol. The molecule has 0 aromatic rings. The number of carbonyl (C=O) groups excluding carboxylic acids is 3. The summed E-state index contributed by atoms with van der Waals surface area (Å²) in [6.07, 6.45) is 1.24. The van der Waals surface area contributed by atoms with Crippen LogP contribution in [0.1, 0.15) is 12.8 Å². The molecule has 0 aromatic carbocycles. The molecule has 1 rings (SSSR count). The largest absolute Gasteiger partial charge is 0.464 e. The molecule has 0 aliphatic carbocycles. The predicted octanol–water partition coefficient (Wildman–Crippen LogP) is -1.01. The Bertz CT molecular complexity index is 372. The van der Waals surface area contributed by atoms with Crippen molar-refractivity contribution in [2.24, 2.45) is 0 Å². The average molecular weight is 241 g/mol. The van der Waals surface area contributed by atoms with Gasteiger partial charge in [-0.2, -0.15) is 0 Å². The molecule has 92 valence electrons. The van der Waals surface area contributed by atoms with E-state index in [1.807, 2.05) is 5.43 Å². The Labute approximate surface area is 96.2 Å². The zero-order chi connectivity index (χ0) is 12.8. The van der Waals surface area contributed by atoms with Gasteiger partial charge < -0.3 is 5.11 Å². The van der Waals surface area contributed by atoms with Gasteiger partial charge in [-0.3, -0.25) is 24.7 Å². The third kappa shape index (κ3) is 3.93. The lowest BCUT2D eigenvalue weighted by Gasteiger charge is -2.12. The van der Waals surface area contributed by atoms with E-state index < -0.39 is 23.8 Å². The van der Waals surface area contributed by atoms with E-state index in [1.165, 1.54) is 0 Å². The van der Waals surface area contributed by atoms with Crippen molar-refractivity contribution in [3.8, 4) is 0 Å². The van der Waals surface area contributed by atoms with Gasteiger partial charge in [0, 0.05) is 25.1 Å². The molecule has 0 fully saturated rings. The quantitative estimate of drug-likeness (QED) is 0.431. The Morgan fingerprint density at radius 1 is 1.18 bits per heavy atom. The first-order chi connectivity index (χ1) is 8.00. The van der Waals surface area contributed by atoms with E-state index in [4.69, 9.17) is 5.11 Å². The standard InChI is InChI=1S/C9H11N3O5/c13-6(10-11-9(16)17)2-1-5-12-7(14)3-4-8(12)15/h3-4,11H,1-2,5H2,(H,10,13)(H,16,17). The van der Waals surface area contributed by atoms with Crippen LogP contribution in [-0.4, -0.2) is 40.4 Å². The van der Waals surface area contributed by atoms with E-state index in [2.05, 4.69) is 0 Å². The van der Waals surface area contributed by atoms with Gasteiger partial charge in [0.25, 0.3) is 11.8 Å². The van der Waals surface area contributed by atoms with Crippen LogP contribution in [0.5, 0.6) is 0 Å². The van der Waals surface area contributed by atoms with E-state index in [9.17, 15) is 19.2 Å². The molecule has 0 spiro atoms. The zero-order valence-corrected chi connectivity index (χ0v) is 8.80. The molecule has 8 nitrogen and oxygen atoms in total. The Hall–Kier alpha value is -2.38. The molecule has 0 aromatic heterocycles. The lowest BCUT2D eigenvalue weighted by atomic mass is 10.3. The number of carboxylic acid groups (broad SMARTS) is 1. The van der Waals surface area contributed by atoms with Gasteiger partial charge in [0.15, 0.2) is 0 Å². The predicted molar refractivity (Wildman–Crippen MR) is 54.4 cm³/mol. The van der Waals surface area contributed by atoms with Crippen LogP contribution in [0.4, 0.5) is 4.79 Å². The van der Waals surface area contributed by atoms with Gasteiger partial charge in [-0.05, 0) is 6.42 Å². The van der Waals surface area contributed by atoms with Crippen molar-refractivity contribution in [1.29, 1.82) is 0 Å². The van der Waals surface area contributed by atoms with Crippen LogP contribution >= 0.6 is 0 Å². The fraction of sp³-hybridized carbons (Fsp3) is 0.333. The summed E-state index contributed by atoms with van der Waals surface area (Å²) >= 11 is 0. The highest BCUT2D eigenvalue weighted by Crippen LogP contribution is 2.05. The molecule has 3 N–H and O–H groups in total. The second-order valence-electron chi connectivity index (χ2n) is 3.24. The summed E-state index contributed by atoms with van der Waals surface area (Å²) in [6, 6.07) is 0. The fourth-order valence-corrected chi connectivity index (χ4v) is 1.23. The molecule has 0 unspecified atom stereocenters. The molecule has 8 heteroatoms. The lowest BCUT2D eigenvalue weighted by molar-refractivity contribution is -0.137. The highest BCUT2D eigenvalue weighted by Gasteiger charge is 2.22. The Balaban J connectivity index is 2.20. The number of carbonyl (C=O) groups is 4. The Kier molecular flexibility index (Phi) is 4.21. The molecule has 4 amide bonds. The van der Waals surface area contributed by atoms with E-state index in [-0.39, 0.29) is 19.4 Å². The van der Waals surface area contributed by atoms with Crippen LogP contribution in [0.15, 0.2) is 12.2 Å². The van der Waals surface area contributed by atoms with Crippen molar-refractivity contribution in [1.82, 2.24) is 15.8 Å². The van der Waals surface area contributed by atoms with Crippen molar-refractivity contribution >= 4 is 23.8 Å². The molecule has 0 bridgehead atoms. The Morgan fingerprint density at radius 2 is 1.76 bits per heavy atom. The number of imide groups is 1. The van der Waals surface area contributed by atoms with Gasteiger partial charge in [-0.1, -0.05) is 0 Å². The SMILES string of the molecule is O=C(O)NNC(=O)CCCN1C(=O)C=CC1=O. The lowest BCUT2D eigenvalue weighted by Crippen LogP contribution is -2.41. The fourth-order valence-electron chi connectivity index (χ4n) is 1.23. The van der Waals surface area contributed by atoms with E-state index in [1.54, 1.807) is 5.43 Å². The number of amides is 4. The van der Waals surface area contributed by atoms with Crippen molar-refractivity contribution in [3.63, 3.8) is 0 Å². The topological polar surface area (TPSA) is 116 Å². The van der Waals surface area contributed by atoms with Crippen molar-refractivity contribution in [3.05, 3.63) is 12.2 Å². The maximum Gasteiger partial charge on any atom is 0.423 e. The van der Waals surface area contributed by atoms with Crippen LogP contribution < -0.4 is 10.9 Å². The number of hydrogen-bond acceptors (Lipinski definition) is 4. The number of hydrazine groups is 1. The summed E-state index contributed by atoms with van der Waals surface area (Å²) in [5, 5.41) is 8.20. The van der Waals surface area contributed by atoms with E-state index >= 15 is 0 Å². The molecule has 1 aliphatic heterocycles. The molecule has 0 radical (unpaired) electrons. The summed E-state index contributed by atoms with van der Waals surface area (Å²) in [4.78, 5) is 44.3. The van der Waals surface area contributed by atoms with Crippen LogP contribution in [-0.2, 0) is 14.4 Å². The van der Waals surface area contributed by atoms with Crippen molar-refractivity contribution in [2.75, 3.05) is 6.54 Å². The first kappa shape index (κ1) is 12.7. The van der Waals surface area contributed by atoms with Gasteiger partial charge in [-0.25, -0.2) is 10.2 Å². The van der Waals surface area contributed by atoms with E-state index in [0.717, 1.165) is 17.1 Å². The van der Waals surface area contributed by atoms with Gasteiger partial charge in [0.2, 0.25) is 5.91 Å². The Morgan fingerprint density at radius 3 is 2.29 bits per heavy atom. The molecule has 1 aliphatic rings. The number of nitrogens with one attached hydrogen (secondary N) is 2. The zero-order valence-electron chi connectivity index (χ0n) is 8.80. The first-order valence-corrected chi connectivity index (χ1v) is 4.82. The molecule has 1 heterocycles. The third-order valence-electron chi connectivity index (χ3n) is 1.99. The highest BCUT2D eigenvalue weighted by atomic mass is 16.4. The molecule has 0 saturated heterocycles. The second kappa shape index (κ2) is 5.64. The van der Waals surface area contributed by atoms with Crippen LogP contribution in [0, 0.1) is 0 Å². The molecule has 0 saturated carbocycles. The maximum atomic E-state index is 11.1. The van der Waals surface area contributed by atoms with Crippen LogP contribution in [0.25, 0.3) is 0 Å². The molecule has 0 atom stereocenters. The number of hydrogen-bond donors (Lipinski definition) is 3. The van der Waals surface area contributed by atoms with Gasteiger partial charge in [-0.15, -0.1) is 0 Å². The third-order valence-corrected chi connectivity index (χ3v) is 1.99. The molecule has 17 heavy (non-hydrogen) atoms. The van der Waals surface area contributed by atoms with Gasteiger partial charge in [0.1, 0.15) is 0 Å². The maximum absolute atomic E-state index is 11.1. The van der Waals surface area contributed by atoms with Crippen molar-refractivity contribution in [2.45, 2.75) is 12.8 Å². The minimum Gasteiger partial charge on any atom is -0.464 e. The van der Waals surface area contributed by atoms with Crippen LogP contribution in [0.3, 0.4) is 0 Å². The van der Waals surface area contributed by atoms with Gasteiger partial charge in [0.05, 0.1) is 0 Å². The smallest absolute Gasteiger partial charge is 0.423 e. The second-order valence-corrected chi connectivity index (χ2v) is 3.24. The number of rotatable bonds is 4. The molecular formula is C9H11N3O5. The summed E-state index contributed by atoms with van der Waals surface area (Å²) in [5.74, 6) is -1.34. The number of nitrogens with zero attached hydrogens (tertiary/aromatic N) is 1. The summed E-state index contributed by atoms with van der Waals surface area (Å²) in [5.41, 5.74) is 3.64. The summed E-state index contributed by atoms with van der Waals surface area (Å²) in [6.45, 7) is 0.130. The summed E-state index contributed by atoms with van der Waals surface area (Å²) < 4.78 is 0. The average Bonchev–Trinajstić information content (AvgIpc) is 2.57. The first-order valence-electron chi connectivity index (χ1n) is 4.82. The van der Waals surface area contributed by atoms with E-state index in [0.29, 0.717) is 0 Å². The van der Waals surface area contributed by atoms with Gasteiger partial charge >= 0.3 is 6.09 Å². The minimum atomic E-state index is -1.37. The summed E-state index contributed by atoms with van der Waals surface area (Å²) in [7, 11) is 0. The highest BCUT2D eigenvalue weighted by molar-refractivity contribution is 6.12. The normalized spacial score (nSPS) is 14.0. The van der Waals surface area contributed by atoms with Crippen molar-refractivity contribution < 1.29 is 24.3 Å². The monoisotopic (exact) mass is 241 g/mol. The van der Waals surface area contributed by atoms with Crippen LogP contribution in [0.2, 0.25) is 0 Å².